The van der Waals surface area contributed by atoms with Gasteiger partial charge in [0.1, 0.15) is 19.3 Å². The van der Waals surface area contributed by atoms with Crippen molar-refractivity contribution in [3.8, 4) is 17.2 Å². The molecule has 0 radical (unpaired) electrons. The van der Waals surface area contributed by atoms with E-state index in [1.54, 1.807) is 37.0 Å². The van der Waals surface area contributed by atoms with Crippen LogP contribution in [0.3, 0.4) is 0 Å². The van der Waals surface area contributed by atoms with Gasteiger partial charge < -0.3 is 14.2 Å². The lowest BCUT2D eigenvalue weighted by Gasteiger charge is -2.11. The molecule has 3 rings (SSSR count). The van der Waals surface area contributed by atoms with Gasteiger partial charge in [-0.15, -0.1) is 0 Å². The summed E-state index contributed by atoms with van der Waals surface area (Å²) in [5, 5.41) is 4.28. The second kappa shape index (κ2) is 9.10. The molecule has 1 aromatic heterocycles. The first-order valence-corrected chi connectivity index (χ1v) is 9.14. The van der Waals surface area contributed by atoms with Crippen molar-refractivity contribution in [3.63, 3.8) is 0 Å². The van der Waals surface area contributed by atoms with E-state index in [2.05, 4.69) is 5.10 Å². The van der Waals surface area contributed by atoms with E-state index in [1.807, 2.05) is 38.2 Å². The molecule has 29 heavy (non-hydrogen) atoms. The van der Waals surface area contributed by atoms with E-state index in [0.717, 1.165) is 16.9 Å². The van der Waals surface area contributed by atoms with Crippen molar-refractivity contribution in [1.29, 1.82) is 0 Å². The summed E-state index contributed by atoms with van der Waals surface area (Å²) in [5.74, 6) is 0.331. The zero-order chi connectivity index (χ0) is 20.8. The number of hydrogen-bond donors (Lipinski definition) is 0. The number of ether oxygens (including phenoxy) is 3. The first-order valence-electron chi connectivity index (χ1n) is 9.14. The number of benzene rings is 2. The van der Waals surface area contributed by atoms with Crippen molar-refractivity contribution in [3.05, 3.63) is 66.0 Å². The van der Waals surface area contributed by atoms with Gasteiger partial charge in [0.15, 0.2) is 12.4 Å². The Morgan fingerprint density at radius 3 is 2.59 bits per heavy atom. The summed E-state index contributed by atoms with van der Waals surface area (Å²) in [6, 6.07) is 12.6. The quantitative estimate of drug-likeness (QED) is 0.327. The second-order valence-corrected chi connectivity index (χ2v) is 6.29. The van der Waals surface area contributed by atoms with Crippen LogP contribution in [0, 0.1) is 0 Å². The van der Waals surface area contributed by atoms with Crippen LogP contribution in [-0.4, -0.2) is 49.7 Å². The van der Waals surface area contributed by atoms with Crippen LogP contribution >= 0.6 is 0 Å². The summed E-state index contributed by atoms with van der Waals surface area (Å²) < 4.78 is 17.2. The van der Waals surface area contributed by atoms with E-state index >= 15 is 0 Å². The number of carbonyl (C=O) groups excluding carboxylic acids is 2. The van der Waals surface area contributed by atoms with Gasteiger partial charge in [0, 0.05) is 6.20 Å². The molecule has 0 aliphatic heterocycles. The normalized spacial score (nSPS) is 10.4. The minimum Gasteiger partial charge on any atom is -0.497 e. The molecule has 0 aliphatic rings. The molecule has 3 aromatic rings. The highest BCUT2D eigenvalue weighted by molar-refractivity contribution is 6.33. The smallest absolute Gasteiger partial charge is 0.344 e. The van der Waals surface area contributed by atoms with E-state index in [1.165, 1.54) is 6.20 Å². The number of nitrogens with zero attached hydrogens (tertiary/aromatic N) is 2. The molecule has 2 aromatic carbocycles. The summed E-state index contributed by atoms with van der Waals surface area (Å²) in [6.07, 6.45) is 3.16. The number of esters is 1. The molecule has 0 atom stereocenters. The largest absolute Gasteiger partial charge is 0.497 e. The van der Waals surface area contributed by atoms with Gasteiger partial charge in [-0.05, 0) is 37.3 Å². The van der Waals surface area contributed by atoms with Gasteiger partial charge in [-0.25, -0.2) is 9.48 Å². The lowest BCUT2D eigenvalue weighted by Crippen LogP contribution is -2.17. The fourth-order valence-electron chi connectivity index (χ4n) is 2.76. The van der Waals surface area contributed by atoms with Crippen LogP contribution in [0.1, 0.15) is 22.8 Å². The lowest BCUT2D eigenvalue weighted by atomic mass is 9.92. The number of hydrogen-bond acceptors (Lipinski definition) is 6. The topological polar surface area (TPSA) is 79.7 Å². The summed E-state index contributed by atoms with van der Waals surface area (Å²) >= 11 is 0. The Hall–Kier alpha value is -3.55. The number of carbonyl (C=O) groups is 2. The highest BCUT2D eigenvalue weighted by atomic mass is 16.6. The third-order valence-corrected chi connectivity index (χ3v) is 4.21. The van der Waals surface area contributed by atoms with Gasteiger partial charge in [-0.3, -0.25) is 4.79 Å². The molecule has 0 aliphatic carbocycles. The second-order valence-electron chi connectivity index (χ2n) is 6.29. The van der Waals surface area contributed by atoms with Crippen molar-refractivity contribution >= 4 is 25.1 Å². The molecule has 0 fully saturated rings. The number of ketones is 1. The van der Waals surface area contributed by atoms with E-state index in [0.29, 0.717) is 16.9 Å². The zero-order valence-corrected chi connectivity index (χ0v) is 16.5. The first kappa shape index (κ1) is 20.2. The molecule has 0 amide bonds. The molecule has 8 heteroatoms. The molecule has 7 nitrogen and oxygen atoms in total. The van der Waals surface area contributed by atoms with Crippen molar-refractivity contribution in [2.24, 2.45) is 0 Å². The van der Waals surface area contributed by atoms with Gasteiger partial charge in [0.2, 0.25) is 0 Å². The zero-order valence-electron chi connectivity index (χ0n) is 16.5. The van der Waals surface area contributed by atoms with Crippen LogP contribution in [0.25, 0.3) is 5.69 Å². The van der Waals surface area contributed by atoms with Gasteiger partial charge in [0.25, 0.3) is 0 Å². The Labute approximate surface area is 169 Å². The SMILES string of the molecule is Bc1ccc(OCC(=O)OCC)c(C(=O)c2cnn(-c3ccc(OC)cc3)c2)c1. The van der Waals surface area contributed by atoms with Crippen molar-refractivity contribution in [2.75, 3.05) is 20.3 Å². The van der Waals surface area contributed by atoms with Crippen LogP contribution in [0.5, 0.6) is 11.5 Å². The van der Waals surface area contributed by atoms with E-state index in [4.69, 9.17) is 14.2 Å². The highest BCUT2D eigenvalue weighted by Gasteiger charge is 2.18. The maximum Gasteiger partial charge on any atom is 0.344 e. The monoisotopic (exact) mass is 392 g/mol. The Morgan fingerprint density at radius 2 is 1.90 bits per heavy atom. The number of methoxy groups -OCH3 is 1. The maximum absolute atomic E-state index is 13.1. The van der Waals surface area contributed by atoms with Crippen LogP contribution in [0.15, 0.2) is 54.9 Å². The van der Waals surface area contributed by atoms with Crippen LogP contribution in [-0.2, 0) is 9.53 Å². The summed E-state index contributed by atoms with van der Waals surface area (Å²) in [5.41, 5.74) is 2.48. The average Bonchev–Trinajstić information content (AvgIpc) is 3.23. The molecule has 0 N–H and O–H groups in total. The molecule has 1 heterocycles. The van der Waals surface area contributed by atoms with Crippen molar-refractivity contribution < 1.29 is 23.8 Å². The molecule has 148 valence electrons. The molecule has 0 saturated heterocycles. The van der Waals surface area contributed by atoms with E-state index in [-0.39, 0.29) is 19.0 Å². The van der Waals surface area contributed by atoms with E-state index in [9.17, 15) is 9.59 Å². The van der Waals surface area contributed by atoms with Gasteiger partial charge in [-0.1, -0.05) is 17.6 Å². The van der Waals surface area contributed by atoms with Crippen molar-refractivity contribution in [2.45, 2.75) is 6.92 Å². The Kier molecular flexibility index (Phi) is 6.34. The number of aromatic nitrogens is 2. The Morgan fingerprint density at radius 1 is 1.14 bits per heavy atom. The minimum absolute atomic E-state index is 0.243. The fraction of sp³-hybridized carbons (Fsp3) is 0.190. The summed E-state index contributed by atoms with van der Waals surface area (Å²) in [6.45, 7) is 1.73. The molecule has 0 saturated carbocycles. The first-order chi connectivity index (χ1) is 14.0. The number of rotatable bonds is 8. The molecule has 0 unspecified atom stereocenters. The van der Waals surface area contributed by atoms with Gasteiger partial charge in [-0.2, -0.15) is 5.10 Å². The third-order valence-electron chi connectivity index (χ3n) is 4.21. The average molecular weight is 392 g/mol. The maximum atomic E-state index is 13.1. The van der Waals surface area contributed by atoms with Gasteiger partial charge in [0.05, 0.1) is 36.7 Å². The lowest BCUT2D eigenvalue weighted by molar-refractivity contribution is -0.145. The standard InChI is InChI=1S/C21H21BN2O5/c1-3-28-20(25)13-29-19-9-4-15(22)10-18(19)21(26)14-11-23-24(12-14)16-5-7-17(27-2)8-6-16/h4-12H,3,13,22H2,1-2H3. The van der Waals surface area contributed by atoms with Crippen LogP contribution in [0.4, 0.5) is 0 Å². The fourth-order valence-corrected chi connectivity index (χ4v) is 2.76. The minimum atomic E-state index is -0.487. The molecular weight excluding hydrogens is 371 g/mol. The van der Waals surface area contributed by atoms with Crippen molar-refractivity contribution in [1.82, 2.24) is 9.78 Å². The van der Waals surface area contributed by atoms with Crippen LogP contribution in [0.2, 0.25) is 0 Å². The van der Waals surface area contributed by atoms with Crippen LogP contribution < -0.4 is 14.9 Å². The predicted octanol–water partition coefficient (Wildman–Crippen LogP) is 1.31. The molecular formula is C21H21BN2O5. The summed E-state index contributed by atoms with van der Waals surface area (Å²) in [4.78, 5) is 24.7. The highest BCUT2D eigenvalue weighted by Crippen LogP contribution is 2.22. The van der Waals surface area contributed by atoms with E-state index < -0.39 is 5.97 Å². The third kappa shape index (κ3) is 4.84. The molecule has 0 spiro atoms. The Bertz CT molecular complexity index is 1010. The van der Waals surface area contributed by atoms with Gasteiger partial charge >= 0.3 is 5.97 Å². The molecule has 0 bridgehead atoms. The predicted molar refractivity (Wildman–Crippen MR) is 110 cm³/mol. The summed E-state index contributed by atoms with van der Waals surface area (Å²) in [7, 11) is 3.48. The Balaban J connectivity index is 1.83.